The number of rotatable bonds is 5. The Hall–Kier alpha value is -0.990. The van der Waals surface area contributed by atoms with Gasteiger partial charge in [0.25, 0.3) is 0 Å². The van der Waals surface area contributed by atoms with Crippen molar-refractivity contribution >= 4 is 5.91 Å². The summed E-state index contributed by atoms with van der Waals surface area (Å²) < 4.78 is 10.5. The number of carbonyl (C=O) groups is 1. The van der Waals surface area contributed by atoms with Crippen LogP contribution in [0.15, 0.2) is 12.7 Å². The Bertz CT molecular complexity index is 297. The van der Waals surface area contributed by atoms with E-state index >= 15 is 0 Å². The van der Waals surface area contributed by atoms with E-state index in [9.17, 15) is 15.0 Å². The smallest absolute Gasteiger partial charge is 0.217 e. The molecule has 7 heteroatoms. The Morgan fingerprint density at radius 3 is 2.67 bits per heavy atom. The van der Waals surface area contributed by atoms with Crippen LogP contribution in [0.1, 0.15) is 6.92 Å². The van der Waals surface area contributed by atoms with Crippen molar-refractivity contribution in [3.63, 3.8) is 0 Å². The van der Waals surface area contributed by atoms with Crippen LogP contribution in [0.4, 0.5) is 0 Å². The van der Waals surface area contributed by atoms with Crippen molar-refractivity contribution in [2.24, 2.45) is 0 Å². The van der Waals surface area contributed by atoms with E-state index in [1.807, 2.05) is 0 Å². The highest BCUT2D eigenvalue weighted by Crippen LogP contribution is 2.22. The predicted molar refractivity (Wildman–Crippen MR) is 61.5 cm³/mol. The van der Waals surface area contributed by atoms with Crippen LogP contribution >= 0.6 is 0 Å². The Labute approximate surface area is 105 Å². The third-order valence-electron chi connectivity index (χ3n) is 2.63. The fourth-order valence-corrected chi connectivity index (χ4v) is 1.78. The van der Waals surface area contributed by atoms with Gasteiger partial charge in [0.1, 0.15) is 24.4 Å². The molecule has 1 heterocycles. The standard InChI is InChI=1S/C11H19NO6/c1-3-4-17-11-8(12-6(2)14)10(16)9(15)7(5-13)18-11/h3,7-11,13,15-16H,1,4-5H2,2H3,(H,12,14)/t7-,8-,9+,10+,11-/m1/s1. The zero-order valence-corrected chi connectivity index (χ0v) is 10.2. The van der Waals surface area contributed by atoms with Gasteiger partial charge >= 0.3 is 0 Å². The minimum absolute atomic E-state index is 0.154. The highest BCUT2D eigenvalue weighted by Gasteiger charge is 2.45. The maximum absolute atomic E-state index is 11.1. The summed E-state index contributed by atoms with van der Waals surface area (Å²) in [5.41, 5.74) is 0. The van der Waals surface area contributed by atoms with Crippen LogP contribution in [-0.4, -0.2) is 65.1 Å². The number of aliphatic hydroxyl groups is 3. The van der Waals surface area contributed by atoms with Gasteiger partial charge in [-0.15, -0.1) is 6.58 Å². The predicted octanol–water partition coefficient (Wildman–Crippen LogP) is -1.87. The maximum atomic E-state index is 11.1. The SMILES string of the molecule is C=CCO[C@@H]1O[C@H](CO)[C@H](O)[C@@H](O)[C@H]1NC(C)=O. The molecule has 1 fully saturated rings. The monoisotopic (exact) mass is 261 g/mol. The molecule has 1 aliphatic rings. The lowest BCUT2D eigenvalue weighted by Crippen LogP contribution is -2.64. The van der Waals surface area contributed by atoms with Crippen LogP contribution in [-0.2, 0) is 14.3 Å². The summed E-state index contributed by atoms with van der Waals surface area (Å²) in [6.45, 7) is 4.45. The maximum Gasteiger partial charge on any atom is 0.217 e. The molecule has 4 N–H and O–H groups in total. The minimum Gasteiger partial charge on any atom is -0.394 e. The fourth-order valence-electron chi connectivity index (χ4n) is 1.78. The van der Waals surface area contributed by atoms with Crippen LogP contribution in [0.2, 0.25) is 0 Å². The quantitative estimate of drug-likeness (QED) is 0.432. The van der Waals surface area contributed by atoms with Crippen molar-refractivity contribution in [2.75, 3.05) is 13.2 Å². The highest BCUT2D eigenvalue weighted by molar-refractivity contribution is 5.73. The lowest BCUT2D eigenvalue weighted by Gasteiger charge is -2.42. The number of nitrogens with one attached hydrogen (secondary N) is 1. The minimum atomic E-state index is -1.30. The summed E-state index contributed by atoms with van der Waals surface area (Å²) in [5, 5.41) is 31.1. The van der Waals surface area contributed by atoms with Crippen molar-refractivity contribution in [3.8, 4) is 0 Å². The van der Waals surface area contributed by atoms with Gasteiger partial charge in [-0.25, -0.2) is 0 Å². The van der Waals surface area contributed by atoms with Crippen molar-refractivity contribution in [1.29, 1.82) is 0 Å². The fraction of sp³-hybridized carbons (Fsp3) is 0.727. The first kappa shape index (κ1) is 15.1. The first-order valence-electron chi connectivity index (χ1n) is 5.63. The number of amides is 1. The molecular formula is C11H19NO6. The highest BCUT2D eigenvalue weighted by atomic mass is 16.7. The summed E-state index contributed by atoms with van der Waals surface area (Å²) >= 11 is 0. The summed E-state index contributed by atoms with van der Waals surface area (Å²) in [7, 11) is 0. The average molecular weight is 261 g/mol. The van der Waals surface area contributed by atoms with Crippen molar-refractivity contribution in [1.82, 2.24) is 5.32 Å². The normalized spacial score (nSPS) is 36.1. The van der Waals surface area contributed by atoms with E-state index in [2.05, 4.69) is 11.9 Å². The third kappa shape index (κ3) is 3.50. The first-order valence-corrected chi connectivity index (χ1v) is 5.63. The molecule has 1 amide bonds. The largest absolute Gasteiger partial charge is 0.394 e. The molecule has 0 saturated carbocycles. The lowest BCUT2D eigenvalue weighted by molar-refractivity contribution is -0.267. The van der Waals surface area contributed by atoms with Gasteiger partial charge in [0.15, 0.2) is 6.29 Å². The van der Waals surface area contributed by atoms with Crippen molar-refractivity contribution < 1.29 is 29.6 Å². The Balaban J connectivity index is 2.79. The lowest BCUT2D eigenvalue weighted by atomic mass is 9.97. The average Bonchev–Trinajstić information content (AvgIpc) is 2.33. The molecule has 1 rings (SSSR count). The molecule has 104 valence electrons. The molecule has 0 aromatic heterocycles. The number of ether oxygens (including phenoxy) is 2. The van der Waals surface area contributed by atoms with E-state index in [4.69, 9.17) is 14.6 Å². The second-order valence-corrected chi connectivity index (χ2v) is 4.05. The van der Waals surface area contributed by atoms with E-state index in [0.29, 0.717) is 0 Å². The Morgan fingerprint density at radius 1 is 1.50 bits per heavy atom. The number of aliphatic hydroxyl groups excluding tert-OH is 3. The molecule has 5 atom stereocenters. The summed E-state index contributed by atoms with van der Waals surface area (Å²) in [6, 6.07) is -0.903. The number of hydrogen-bond donors (Lipinski definition) is 4. The van der Waals surface area contributed by atoms with E-state index in [1.54, 1.807) is 0 Å². The van der Waals surface area contributed by atoms with Crippen molar-refractivity contribution in [2.45, 2.75) is 37.6 Å². The molecular weight excluding hydrogens is 242 g/mol. The zero-order valence-electron chi connectivity index (χ0n) is 10.2. The van der Waals surface area contributed by atoms with Gasteiger partial charge < -0.3 is 30.1 Å². The number of hydrogen-bond acceptors (Lipinski definition) is 6. The molecule has 7 nitrogen and oxygen atoms in total. The van der Waals surface area contributed by atoms with E-state index in [-0.39, 0.29) is 12.5 Å². The third-order valence-corrected chi connectivity index (χ3v) is 2.63. The van der Waals surface area contributed by atoms with Gasteiger partial charge in [-0.2, -0.15) is 0 Å². The van der Waals surface area contributed by atoms with Crippen molar-refractivity contribution in [3.05, 3.63) is 12.7 Å². The van der Waals surface area contributed by atoms with Gasteiger partial charge in [-0.05, 0) is 0 Å². The molecule has 1 saturated heterocycles. The van der Waals surface area contributed by atoms with Gasteiger partial charge in [-0.3, -0.25) is 4.79 Å². The van der Waals surface area contributed by atoms with Crippen LogP contribution < -0.4 is 5.32 Å². The zero-order chi connectivity index (χ0) is 13.7. The molecule has 0 spiro atoms. The molecule has 18 heavy (non-hydrogen) atoms. The molecule has 0 bridgehead atoms. The number of carbonyl (C=O) groups excluding carboxylic acids is 1. The van der Waals surface area contributed by atoms with Crippen LogP contribution in [0.25, 0.3) is 0 Å². The first-order chi connectivity index (χ1) is 8.51. The van der Waals surface area contributed by atoms with E-state index in [0.717, 1.165) is 0 Å². The molecule has 0 aromatic rings. The summed E-state index contributed by atoms with van der Waals surface area (Å²) in [5.74, 6) is -0.385. The second kappa shape index (κ2) is 6.81. The van der Waals surface area contributed by atoms with E-state index in [1.165, 1.54) is 13.0 Å². The Morgan fingerprint density at radius 2 is 2.17 bits per heavy atom. The van der Waals surface area contributed by atoms with Crippen LogP contribution in [0.3, 0.4) is 0 Å². The molecule has 0 aliphatic carbocycles. The van der Waals surface area contributed by atoms with Gasteiger partial charge in [0, 0.05) is 6.92 Å². The summed E-state index contributed by atoms with van der Waals surface area (Å²) in [6.07, 6.45) is -3.01. The topological polar surface area (TPSA) is 108 Å². The molecule has 0 aromatic carbocycles. The van der Waals surface area contributed by atoms with E-state index < -0.39 is 37.3 Å². The Kier molecular flexibility index (Phi) is 5.70. The molecule has 1 aliphatic heterocycles. The molecule has 0 unspecified atom stereocenters. The second-order valence-electron chi connectivity index (χ2n) is 4.05. The van der Waals surface area contributed by atoms with Crippen LogP contribution in [0, 0.1) is 0 Å². The van der Waals surface area contributed by atoms with Gasteiger partial charge in [-0.1, -0.05) is 6.08 Å². The van der Waals surface area contributed by atoms with Gasteiger partial charge in [0.05, 0.1) is 13.2 Å². The van der Waals surface area contributed by atoms with Gasteiger partial charge in [0.2, 0.25) is 5.91 Å². The van der Waals surface area contributed by atoms with Crippen LogP contribution in [0.5, 0.6) is 0 Å². The summed E-state index contributed by atoms with van der Waals surface area (Å²) in [4.78, 5) is 11.1. The molecule has 0 radical (unpaired) electrons.